The van der Waals surface area contributed by atoms with Crippen molar-refractivity contribution in [1.29, 1.82) is 0 Å². The molecule has 0 radical (unpaired) electrons. The summed E-state index contributed by atoms with van der Waals surface area (Å²) in [6, 6.07) is 13.2. The van der Waals surface area contributed by atoms with Crippen LogP contribution in [0.3, 0.4) is 0 Å². The smallest absolute Gasteiger partial charge is 0.333 e. The Hall–Kier alpha value is -2.95. The Bertz CT molecular complexity index is 1630. The van der Waals surface area contributed by atoms with Crippen LogP contribution in [0.15, 0.2) is 59.2 Å². The molecular formula is C33H37BrClFN3O6P. The Morgan fingerprint density at radius 1 is 1.13 bits per heavy atom. The third-order valence-corrected chi connectivity index (χ3v) is 10.7. The number of Topliss-reactive ketones (excluding diaryl/α,β-unsaturated/α-hetero) is 1. The molecular weight excluding hydrogens is 700 g/mol. The largest absolute Gasteiger partial charge is 0.340 e. The number of hydrogen-bond donors (Lipinski definition) is 1. The quantitative estimate of drug-likeness (QED) is 0.119. The molecule has 9 nitrogen and oxygen atoms in total. The molecule has 246 valence electrons. The maximum atomic E-state index is 15.0. The van der Waals surface area contributed by atoms with E-state index in [4.69, 9.17) is 20.6 Å². The number of carbonyl (C=O) groups excluding carboxylic acids is 3. The molecule has 0 aliphatic carbocycles. The predicted molar refractivity (Wildman–Crippen MR) is 180 cm³/mol. The minimum Gasteiger partial charge on any atom is -0.333 e. The molecule has 3 aromatic rings. The molecule has 4 rings (SSSR count). The monoisotopic (exact) mass is 735 g/mol. The standard InChI is InChI=1S/C33H37BrClFN3O6P/c1-4-44-46(43,45-5-2)20-30(41)39(18-16-29(40)31-24(34)13-14-25(35)32(31)36)28-12-8-9-21(3)33(42)38-26-11-7-6-10-23(26)22-15-17-37-27(28)19-22/h6-7,10-11,13-15,17,19,21,28H,4-5,8-9,12,16,18,20H2,1-3H3,(H,38,42)/t21-,28+/m1/s1. The number of anilines is 1. The third-order valence-electron chi connectivity index (χ3n) is 7.76. The summed E-state index contributed by atoms with van der Waals surface area (Å²) in [5.74, 6) is -2.46. The number of nitrogens with zero attached hydrogens (tertiary/aromatic N) is 2. The van der Waals surface area contributed by atoms with Crippen molar-refractivity contribution in [2.45, 2.75) is 52.5 Å². The number of carbonyl (C=O) groups is 3. The average Bonchev–Trinajstić information content (AvgIpc) is 3.02. The summed E-state index contributed by atoms with van der Waals surface area (Å²) in [7, 11) is -3.83. The van der Waals surface area contributed by atoms with E-state index < -0.39 is 37.3 Å². The van der Waals surface area contributed by atoms with Crippen molar-refractivity contribution < 1.29 is 32.4 Å². The lowest BCUT2D eigenvalue weighted by Crippen LogP contribution is -2.39. The van der Waals surface area contributed by atoms with Crippen molar-refractivity contribution in [3.8, 4) is 11.1 Å². The molecule has 1 N–H and O–H groups in total. The Morgan fingerprint density at radius 3 is 2.57 bits per heavy atom. The maximum absolute atomic E-state index is 15.0. The van der Waals surface area contributed by atoms with E-state index in [2.05, 4.69) is 26.2 Å². The van der Waals surface area contributed by atoms with Crippen LogP contribution in [0.5, 0.6) is 0 Å². The minimum absolute atomic E-state index is 0.0670. The van der Waals surface area contributed by atoms with Gasteiger partial charge in [-0.3, -0.25) is 23.9 Å². The topological polar surface area (TPSA) is 115 Å². The normalized spacial score (nSPS) is 16.9. The Kier molecular flexibility index (Phi) is 12.7. The van der Waals surface area contributed by atoms with Gasteiger partial charge in [-0.2, -0.15) is 0 Å². The summed E-state index contributed by atoms with van der Waals surface area (Å²) in [4.78, 5) is 46.7. The van der Waals surface area contributed by atoms with Crippen LogP contribution in [-0.4, -0.2) is 53.4 Å². The maximum Gasteiger partial charge on any atom is 0.340 e. The fourth-order valence-corrected chi connectivity index (χ4v) is 7.71. The second-order valence-corrected chi connectivity index (χ2v) is 14.3. The number of halogens is 3. The lowest BCUT2D eigenvalue weighted by atomic mass is 9.94. The van der Waals surface area contributed by atoms with Crippen molar-refractivity contribution in [3.05, 3.63) is 81.3 Å². The summed E-state index contributed by atoms with van der Waals surface area (Å²) in [6.07, 6.45) is 2.25. The molecule has 2 bridgehead atoms. The van der Waals surface area contributed by atoms with Crippen LogP contribution in [0.1, 0.15) is 68.5 Å². The van der Waals surface area contributed by atoms with Crippen LogP contribution < -0.4 is 5.32 Å². The van der Waals surface area contributed by atoms with Crippen molar-refractivity contribution >= 4 is 58.4 Å². The molecule has 0 fully saturated rings. The van der Waals surface area contributed by atoms with E-state index in [0.717, 1.165) is 11.1 Å². The highest BCUT2D eigenvalue weighted by Crippen LogP contribution is 2.48. The highest BCUT2D eigenvalue weighted by atomic mass is 79.9. The van der Waals surface area contributed by atoms with Crippen LogP contribution in [0.25, 0.3) is 11.1 Å². The van der Waals surface area contributed by atoms with E-state index in [1.54, 1.807) is 20.0 Å². The molecule has 1 aromatic heterocycles. The summed E-state index contributed by atoms with van der Waals surface area (Å²) >= 11 is 9.21. The summed E-state index contributed by atoms with van der Waals surface area (Å²) in [6.45, 7) is 5.14. The second-order valence-electron chi connectivity index (χ2n) is 10.9. The van der Waals surface area contributed by atoms with E-state index in [9.17, 15) is 23.3 Å². The van der Waals surface area contributed by atoms with Crippen LogP contribution in [-0.2, 0) is 23.2 Å². The number of hydrogen-bond acceptors (Lipinski definition) is 7. The van der Waals surface area contributed by atoms with E-state index >= 15 is 0 Å². The first kappa shape index (κ1) is 35.9. The Morgan fingerprint density at radius 2 is 1.85 bits per heavy atom. The van der Waals surface area contributed by atoms with E-state index in [1.807, 2.05) is 43.3 Å². The average molecular weight is 737 g/mol. The SMILES string of the molecule is CCOP(=O)(CC(=O)N(CCC(=O)c1c(Br)ccc(Cl)c1F)[C@H]1CCC[C@@H](C)C(=O)Nc2ccccc2-c2ccnc1c2)OCC. The molecule has 0 spiro atoms. The number of benzene rings is 2. The van der Waals surface area contributed by atoms with Gasteiger partial charge in [-0.25, -0.2) is 4.39 Å². The summed E-state index contributed by atoms with van der Waals surface area (Å²) < 4.78 is 39.6. The minimum atomic E-state index is -3.83. The van der Waals surface area contributed by atoms with Gasteiger partial charge in [-0.1, -0.05) is 43.1 Å². The number of fused-ring (bicyclic) bond motifs is 4. The molecule has 2 heterocycles. The number of nitrogens with one attached hydrogen (secondary N) is 1. The zero-order valence-corrected chi connectivity index (χ0v) is 29.2. The number of pyridine rings is 1. The number of ketones is 1. The van der Waals surface area contributed by atoms with E-state index in [-0.39, 0.29) is 53.1 Å². The highest BCUT2D eigenvalue weighted by Gasteiger charge is 2.35. The first-order valence-corrected chi connectivity index (χ1v) is 18.1. The molecule has 0 saturated carbocycles. The molecule has 1 aliphatic heterocycles. The number of aromatic nitrogens is 1. The van der Waals surface area contributed by atoms with Gasteiger partial charge in [-0.15, -0.1) is 0 Å². The fraction of sp³-hybridized carbons (Fsp3) is 0.394. The Labute approximate surface area is 281 Å². The molecule has 2 amide bonds. The number of para-hydroxylation sites is 1. The third kappa shape index (κ3) is 8.69. The second kappa shape index (κ2) is 16.2. The van der Waals surface area contributed by atoms with Gasteiger partial charge in [0.05, 0.1) is 35.5 Å². The van der Waals surface area contributed by atoms with Crippen LogP contribution in [0.2, 0.25) is 5.02 Å². The zero-order chi connectivity index (χ0) is 33.4. The molecule has 1 aliphatic rings. The van der Waals surface area contributed by atoms with Crippen LogP contribution in [0, 0.1) is 11.7 Å². The van der Waals surface area contributed by atoms with Crippen LogP contribution in [0.4, 0.5) is 10.1 Å². The van der Waals surface area contributed by atoms with Crippen LogP contribution >= 0.6 is 35.1 Å². The van der Waals surface area contributed by atoms with Gasteiger partial charge in [0.1, 0.15) is 6.16 Å². The van der Waals surface area contributed by atoms with Crippen molar-refractivity contribution in [1.82, 2.24) is 9.88 Å². The molecule has 13 heteroatoms. The first-order chi connectivity index (χ1) is 22.0. The fourth-order valence-electron chi connectivity index (χ4n) is 5.47. The van der Waals surface area contributed by atoms with E-state index in [1.165, 1.54) is 17.0 Å². The summed E-state index contributed by atoms with van der Waals surface area (Å²) in [5, 5.41) is 2.83. The zero-order valence-electron chi connectivity index (χ0n) is 25.9. The van der Waals surface area contributed by atoms with Gasteiger partial charge in [-0.05, 0) is 78.5 Å². The number of rotatable bonds is 11. The highest BCUT2D eigenvalue weighted by molar-refractivity contribution is 9.10. The van der Waals surface area contributed by atoms with Gasteiger partial charge >= 0.3 is 7.60 Å². The summed E-state index contributed by atoms with van der Waals surface area (Å²) in [5.41, 5.74) is 2.52. The van der Waals surface area contributed by atoms with Gasteiger partial charge in [0, 0.05) is 40.8 Å². The van der Waals surface area contributed by atoms with Gasteiger partial charge < -0.3 is 19.3 Å². The van der Waals surface area contributed by atoms with Crippen molar-refractivity contribution in [3.63, 3.8) is 0 Å². The van der Waals surface area contributed by atoms with Gasteiger partial charge in [0.2, 0.25) is 11.8 Å². The molecule has 2 aromatic carbocycles. The lowest BCUT2D eigenvalue weighted by molar-refractivity contribution is -0.131. The van der Waals surface area contributed by atoms with E-state index in [0.29, 0.717) is 30.6 Å². The molecule has 0 saturated heterocycles. The van der Waals surface area contributed by atoms with Crippen molar-refractivity contribution in [2.24, 2.45) is 5.92 Å². The van der Waals surface area contributed by atoms with Gasteiger partial charge in [0.25, 0.3) is 0 Å². The lowest BCUT2D eigenvalue weighted by Gasteiger charge is -2.33. The van der Waals surface area contributed by atoms with Crippen molar-refractivity contribution in [2.75, 3.05) is 31.2 Å². The Balaban J connectivity index is 1.78. The molecule has 0 unspecified atom stereocenters. The van der Waals surface area contributed by atoms with Gasteiger partial charge in [0.15, 0.2) is 11.6 Å². The molecule has 46 heavy (non-hydrogen) atoms. The first-order valence-electron chi connectivity index (χ1n) is 15.2. The predicted octanol–water partition coefficient (Wildman–Crippen LogP) is 8.47. The number of amides is 2. The molecule has 2 atom stereocenters.